The normalized spacial score (nSPS) is 13.8. The molecule has 1 aromatic carbocycles. The van der Waals surface area contributed by atoms with Crippen LogP contribution in [0.1, 0.15) is 5.56 Å². The molecule has 1 aromatic heterocycles. The summed E-state index contributed by atoms with van der Waals surface area (Å²) in [6.07, 6.45) is 1.60. The van der Waals surface area contributed by atoms with E-state index in [0.717, 1.165) is 11.3 Å². The molecule has 24 heavy (non-hydrogen) atoms. The first-order valence-electron chi connectivity index (χ1n) is 7.16. The fourth-order valence-electron chi connectivity index (χ4n) is 2.81. The van der Waals surface area contributed by atoms with Crippen LogP contribution in [0.5, 0.6) is 11.5 Å². The van der Waals surface area contributed by atoms with Gasteiger partial charge >= 0.3 is 0 Å². The minimum atomic E-state index is -0.769. The van der Waals surface area contributed by atoms with Gasteiger partial charge in [0.2, 0.25) is 0 Å². The maximum absolute atomic E-state index is 14.7. The van der Waals surface area contributed by atoms with Gasteiger partial charge in [-0.2, -0.15) is 0 Å². The van der Waals surface area contributed by atoms with E-state index in [1.165, 1.54) is 20.3 Å². The van der Waals surface area contributed by atoms with Gasteiger partial charge in [0.05, 0.1) is 20.9 Å². The van der Waals surface area contributed by atoms with E-state index >= 15 is 0 Å². The van der Waals surface area contributed by atoms with Crippen LogP contribution in [0, 0.1) is 11.6 Å². The number of aromatic nitrogens is 1. The van der Waals surface area contributed by atoms with Gasteiger partial charge in [-0.3, -0.25) is 0 Å². The lowest BCUT2D eigenvalue weighted by atomic mass is 10.1. The van der Waals surface area contributed by atoms with E-state index in [1.807, 2.05) is 11.9 Å². The molecule has 0 amide bonds. The van der Waals surface area contributed by atoms with Crippen molar-refractivity contribution in [3.05, 3.63) is 40.7 Å². The van der Waals surface area contributed by atoms with Crippen LogP contribution >= 0.6 is 11.6 Å². The minimum absolute atomic E-state index is 0.0778. The smallest absolute Gasteiger partial charge is 0.191 e. The van der Waals surface area contributed by atoms with Gasteiger partial charge < -0.3 is 19.3 Å². The molecule has 0 bridgehead atoms. The first kappa shape index (κ1) is 16.6. The summed E-state index contributed by atoms with van der Waals surface area (Å²) >= 11 is 5.92. The summed E-state index contributed by atoms with van der Waals surface area (Å²) < 4.78 is 39.4. The van der Waals surface area contributed by atoms with Crippen LogP contribution in [0.4, 0.5) is 20.2 Å². The highest BCUT2D eigenvalue weighted by molar-refractivity contribution is 6.29. The Bertz CT molecular complexity index is 760. The number of pyridine rings is 1. The topological polar surface area (TPSA) is 37.8 Å². The second-order valence-electron chi connectivity index (χ2n) is 5.43. The second kappa shape index (κ2) is 6.32. The van der Waals surface area contributed by atoms with Crippen molar-refractivity contribution in [1.82, 2.24) is 4.98 Å². The molecule has 1 aliphatic rings. The molecule has 0 aliphatic carbocycles. The first-order chi connectivity index (χ1) is 11.5. The maximum Gasteiger partial charge on any atom is 0.191 e. The quantitative estimate of drug-likeness (QED) is 0.788. The molecule has 0 spiro atoms. The zero-order valence-electron chi connectivity index (χ0n) is 13.4. The molecule has 0 saturated carbocycles. The fourth-order valence-corrected chi connectivity index (χ4v) is 2.97. The number of ether oxygens (including phenoxy) is 2. The van der Waals surface area contributed by atoms with E-state index in [2.05, 4.69) is 4.98 Å². The van der Waals surface area contributed by atoms with Crippen LogP contribution in [0.2, 0.25) is 5.15 Å². The van der Waals surface area contributed by atoms with Gasteiger partial charge in [0.15, 0.2) is 23.1 Å². The Morgan fingerprint density at radius 2 is 1.75 bits per heavy atom. The number of halogens is 3. The van der Waals surface area contributed by atoms with Crippen molar-refractivity contribution in [2.75, 3.05) is 37.7 Å². The Kier molecular flexibility index (Phi) is 4.36. The Hall–Kier alpha value is -2.28. The molecule has 0 unspecified atom stereocenters. The van der Waals surface area contributed by atoms with Gasteiger partial charge in [-0.05, 0) is 6.07 Å². The van der Waals surface area contributed by atoms with E-state index in [9.17, 15) is 8.78 Å². The monoisotopic (exact) mass is 355 g/mol. The molecule has 2 heterocycles. The second-order valence-corrected chi connectivity index (χ2v) is 5.82. The van der Waals surface area contributed by atoms with Gasteiger partial charge in [-0.15, -0.1) is 0 Å². The number of hydrogen-bond acceptors (Lipinski definition) is 5. The van der Waals surface area contributed by atoms with Gasteiger partial charge in [0.1, 0.15) is 10.8 Å². The molecule has 5 nitrogen and oxygen atoms in total. The number of anilines is 2. The average molecular weight is 356 g/mol. The molecule has 0 saturated heterocycles. The van der Waals surface area contributed by atoms with Crippen LogP contribution in [0.3, 0.4) is 0 Å². The van der Waals surface area contributed by atoms with Crippen molar-refractivity contribution < 1.29 is 18.3 Å². The van der Waals surface area contributed by atoms with E-state index in [0.29, 0.717) is 5.15 Å². The first-order valence-corrected chi connectivity index (χ1v) is 7.54. The predicted molar refractivity (Wildman–Crippen MR) is 88.2 cm³/mol. The van der Waals surface area contributed by atoms with Gasteiger partial charge in [-0.1, -0.05) is 11.6 Å². The molecule has 2 aromatic rings. The summed E-state index contributed by atoms with van der Waals surface area (Å²) in [6, 6.07) is 2.92. The molecular formula is C16H16ClF2N3O2. The molecule has 0 atom stereocenters. The van der Waals surface area contributed by atoms with Crippen molar-refractivity contribution >= 4 is 23.0 Å². The van der Waals surface area contributed by atoms with Gasteiger partial charge in [-0.25, -0.2) is 13.8 Å². The van der Waals surface area contributed by atoms with E-state index in [-0.39, 0.29) is 30.4 Å². The molecule has 128 valence electrons. The zero-order valence-corrected chi connectivity index (χ0v) is 14.2. The molecular weight excluding hydrogens is 340 g/mol. The number of hydrogen-bond donors (Lipinski definition) is 0. The molecule has 3 rings (SSSR count). The summed E-state index contributed by atoms with van der Waals surface area (Å²) in [5, 5.41) is 0.370. The summed E-state index contributed by atoms with van der Waals surface area (Å²) in [6.45, 7) is 0.561. The van der Waals surface area contributed by atoms with Crippen molar-refractivity contribution in [1.29, 1.82) is 0 Å². The molecule has 0 fully saturated rings. The van der Waals surface area contributed by atoms with Crippen LogP contribution < -0.4 is 19.3 Å². The standard InChI is InChI=1S/C16H16ClF2N3O2/c1-21-8-22(7-9-6-20-13(17)4-10(9)21)16-14(18)11(23-2)5-12(24-3)15(16)19/h4-6H,7-8H2,1-3H3. The number of rotatable bonds is 3. The summed E-state index contributed by atoms with van der Waals surface area (Å²) in [7, 11) is 4.46. The van der Waals surface area contributed by atoms with Crippen molar-refractivity contribution in [2.24, 2.45) is 0 Å². The molecule has 8 heteroatoms. The number of nitrogens with zero attached hydrogens (tertiary/aromatic N) is 3. The Morgan fingerprint density at radius 1 is 1.12 bits per heavy atom. The van der Waals surface area contributed by atoms with Gasteiger partial charge in [0.25, 0.3) is 0 Å². The lowest BCUT2D eigenvalue weighted by Crippen LogP contribution is -2.41. The number of methoxy groups -OCH3 is 2. The van der Waals surface area contributed by atoms with Crippen LogP contribution in [-0.4, -0.2) is 32.9 Å². The minimum Gasteiger partial charge on any atom is -0.493 e. The van der Waals surface area contributed by atoms with E-state index < -0.39 is 11.6 Å². The lowest BCUT2D eigenvalue weighted by Gasteiger charge is -2.37. The largest absolute Gasteiger partial charge is 0.493 e. The third kappa shape index (κ3) is 2.69. The Balaban J connectivity index is 2.09. The zero-order chi connectivity index (χ0) is 17.4. The van der Waals surface area contributed by atoms with E-state index in [1.54, 1.807) is 17.2 Å². The van der Waals surface area contributed by atoms with Crippen molar-refractivity contribution in [2.45, 2.75) is 6.54 Å². The SMILES string of the molecule is COc1cc(OC)c(F)c(N2Cc3cnc(Cl)cc3N(C)C2)c1F. The van der Waals surface area contributed by atoms with Gasteiger partial charge in [0, 0.05) is 37.1 Å². The third-order valence-corrected chi connectivity index (χ3v) is 4.16. The third-order valence-electron chi connectivity index (χ3n) is 3.95. The molecule has 0 N–H and O–H groups in total. The van der Waals surface area contributed by atoms with E-state index in [4.69, 9.17) is 21.1 Å². The lowest BCUT2D eigenvalue weighted by molar-refractivity contribution is 0.358. The molecule has 1 aliphatic heterocycles. The maximum atomic E-state index is 14.7. The van der Waals surface area contributed by atoms with Crippen molar-refractivity contribution in [3.63, 3.8) is 0 Å². The highest BCUT2D eigenvalue weighted by Crippen LogP contribution is 2.39. The van der Waals surface area contributed by atoms with Crippen molar-refractivity contribution in [3.8, 4) is 11.5 Å². The predicted octanol–water partition coefficient (Wildman–Crippen LogP) is 3.44. The fraction of sp³-hybridized carbons (Fsp3) is 0.312. The summed E-state index contributed by atoms with van der Waals surface area (Å²) in [4.78, 5) is 7.45. The van der Waals surface area contributed by atoms with Crippen LogP contribution in [0.25, 0.3) is 0 Å². The highest BCUT2D eigenvalue weighted by atomic mass is 35.5. The highest BCUT2D eigenvalue weighted by Gasteiger charge is 2.29. The number of fused-ring (bicyclic) bond motifs is 1. The summed E-state index contributed by atoms with van der Waals surface area (Å²) in [5.41, 5.74) is 1.49. The summed E-state index contributed by atoms with van der Waals surface area (Å²) in [5.74, 6) is -1.69. The average Bonchev–Trinajstić information content (AvgIpc) is 2.56. The Labute approximate surface area is 143 Å². The number of benzene rings is 1. The molecule has 0 radical (unpaired) electrons. The van der Waals surface area contributed by atoms with Crippen LogP contribution in [0.15, 0.2) is 18.3 Å². The Morgan fingerprint density at radius 3 is 2.33 bits per heavy atom. The van der Waals surface area contributed by atoms with Crippen LogP contribution in [-0.2, 0) is 6.54 Å².